The highest BCUT2D eigenvalue weighted by molar-refractivity contribution is 8.00. The number of hydrogen-bond donors (Lipinski definition) is 2. The summed E-state index contributed by atoms with van der Waals surface area (Å²) < 4.78 is 0. The quantitative estimate of drug-likeness (QED) is 0.132. The smallest absolute Gasteiger partial charge is 0.303 e. The van der Waals surface area contributed by atoms with Crippen molar-refractivity contribution < 1.29 is 15.0 Å². The maximum Gasteiger partial charge on any atom is 0.303 e. The molecular formula is C28H36Cl2O3S. The number of carboxylic acid groups (broad SMARTS) is 1. The highest BCUT2D eigenvalue weighted by Crippen LogP contribution is 2.33. The van der Waals surface area contributed by atoms with E-state index in [-0.39, 0.29) is 11.7 Å². The lowest BCUT2D eigenvalue weighted by Crippen LogP contribution is -2.21. The third kappa shape index (κ3) is 11.3. The highest BCUT2D eigenvalue weighted by atomic mass is 35.5. The minimum absolute atomic E-state index is 0.0515. The lowest BCUT2D eigenvalue weighted by Gasteiger charge is -2.20. The van der Waals surface area contributed by atoms with Gasteiger partial charge in [0.2, 0.25) is 0 Å². The van der Waals surface area contributed by atoms with E-state index in [1.807, 2.05) is 12.1 Å². The Morgan fingerprint density at radius 3 is 2.35 bits per heavy atom. The second kappa shape index (κ2) is 16.3. The van der Waals surface area contributed by atoms with Gasteiger partial charge in [-0.1, -0.05) is 92.2 Å². The normalized spacial score (nSPS) is 13.3. The molecular weight excluding hydrogens is 487 g/mol. The van der Waals surface area contributed by atoms with Gasteiger partial charge in [-0.3, -0.25) is 4.79 Å². The van der Waals surface area contributed by atoms with Gasteiger partial charge in [-0.25, -0.2) is 0 Å². The number of allylic oxidation sites excluding steroid dienone is 1. The largest absolute Gasteiger partial charge is 0.481 e. The van der Waals surface area contributed by atoms with Crippen LogP contribution in [0.25, 0.3) is 0 Å². The first kappa shape index (κ1) is 28.8. The molecule has 186 valence electrons. The number of aryl methyl sites for hydroxylation is 1. The van der Waals surface area contributed by atoms with Crippen LogP contribution in [0.1, 0.15) is 69.4 Å². The second-order valence-electron chi connectivity index (χ2n) is 8.62. The third-order valence-corrected chi connectivity index (χ3v) is 7.71. The zero-order chi connectivity index (χ0) is 24.8. The third-order valence-electron chi connectivity index (χ3n) is 5.70. The summed E-state index contributed by atoms with van der Waals surface area (Å²) in [5.41, 5.74) is 2.61. The molecule has 0 fully saturated rings. The van der Waals surface area contributed by atoms with Crippen molar-refractivity contribution in [1.82, 2.24) is 0 Å². The van der Waals surface area contributed by atoms with E-state index in [1.165, 1.54) is 55.0 Å². The van der Waals surface area contributed by atoms with Crippen LogP contribution < -0.4 is 0 Å². The minimum atomic E-state index is -0.846. The Balaban J connectivity index is 1.95. The first-order chi connectivity index (χ1) is 16.4. The van der Waals surface area contributed by atoms with Crippen LogP contribution in [0.5, 0.6) is 0 Å². The van der Waals surface area contributed by atoms with Crippen LogP contribution >= 0.6 is 35.0 Å². The molecule has 2 aromatic carbocycles. The fraction of sp³-hybridized carbons (Fsp3) is 0.464. The molecule has 0 aliphatic heterocycles. The van der Waals surface area contributed by atoms with Crippen molar-refractivity contribution in [3.05, 3.63) is 75.8 Å². The first-order valence-electron chi connectivity index (χ1n) is 12.1. The van der Waals surface area contributed by atoms with E-state index in [2.05, 4.69) is 37.3 Å². The van der Waals surface area contributed by atoms with Gasteiger partial charge in [-0.15, -0.1) is 11.8 Å². The standard InChI is InChI=1S/C28H36Cl2O3S/c1-2-3-4-5-6-9-21-14-16-22(17-15-21)10-7-12-27(26(31)11-8-13-28(32)33)34-23-18-19-24(29)25(30)20-23/h7,12,14-20,26-27,31H,2-6,8-11,13H2,1H3,(H,32,33)/b12-7-/t26-,27+/m0/s1. The topological polar surface area (TPSA) is 57.5 Å². The first-order valence-corrected chi connectivity index (χ1v) is 13.8. The summed E-state index contributed by atoms with van der Waals surface area (Å²) in [7, 11) is 0. The number of carboxylic acids is 1. The van der Waals surface area contributed by atoms with Crippen LogP contribution in [0.15, 0.2) is 59.5 Å². The molecule has 0 aromatic heterocycles. The zero-order valence-electron chi connectivity index (χ0n) is 19.9. The summed E-state index contributed by atoms with van der Waals surface area (Å²) >= 11 is 13.7. The van der Waals surface area contributed by atoms with Crippen molar-refractivity contribution in [2.24, 2.45) is 0 Å². The van der Waals surface area contributed by atoms with Gasteiger partial charge in [0.15, 0.2) is 0 Å². The number of unbranched alkanes of at least 4 members (excludes halogenated alkanes) is 4. The predicted octanol–water partition coefficient (Wildman–Crippen LogP) is 8.38. The molecule has 0 radical (unpaired) electrons. The monoisotopic (exact) mass is 522 g/mol. The highest BCUT2D eigenvalue weighted by Gasteiger charge is 2.18. The molecule has 2 N–H and O–H groups in total. The number of carbonyl (C=O) groups is 1. The van der Waals surface area contributed by atoms with Gasteiger partial charge in [0.05, 0.1) is 21.4 Å². The van der Waals surface area contributed by atoms with Gasteiger partial charge >= 0.3 is 5.97 Å². The van der Waals surface area contributed by atoms with Crippen LogP contribution in [-0.4, -0.2) is 27.5 Å². The molecule has 0 unspecified atom stereocenters. The number of thioether (sulfide) groups is 1. The number of aliphatic hydroxyl groups is 1. The SMILES string of the molecule is CCCCCCCc1ccc(C/C=C\[C@@H](Sc2ccc(Cl)c(Cl)c2)[C@@H](O)CCCC(=O)O)cc1. The van der Waals surface area contributed by atoms with Crippen molar-refractivity contribution in [1.29, 1.82) is 0 Å². The molecule has 3 nitrogen and oxygen atoms in total. The van der Waals surface area contributed by atoms with E-state index in [4.69, 9.17) is 28.3 Å². The predicted molar refractivity (Wildman–Crippen MR) is 145 cm³/mol. The number of rotatable bonds is 16. The molecule has 0 amide bonds. The van der Waals surface area contributed by atoms with Crippen LogP contribution in [-0.2, 0) is 17.6 Å². The van der Waals surface area contributed by atoms with E-state index in [0.29, 0.717) is 22.9 Å². The van der Waals surface area contributed by atoms with Crippen molar-refractivity contribution >= 4 is 40.9 Å². The Morgan fingerprint density at radius 2 is 1.68 bits per heavy atom. The molecule has 0 spiro atoms. The molecule has 0 aliphatic carbocycles. The van der Waals surface area contributed by atoms with E-state index >= 15 is 0 Å². The summed E-state index contributed by atoms with van der Waals surface area (Å²) in [5, 5.41) is 20.4. The van der Waals surface area contributed by atoms with Gasteiger partial charge in [0.1, 0.15) is 0 Å². The zero-order valence-corrected chi connectivity index (χ0v) is 22.2. The summed E-state index contributed by atoms with van der Waals surface area (Å²) in [6.45, 7) is 2.24. The van der Waals surface area contributed by atoms with Crippen molar-refractivity contribution in [3.8, 4) is 0 Å². The van der Waals surface area contributed by atoms with Gasteiger partial charge in [0.25, 0.3) is 0 Å². The van der Waals surface area contributed by atoms with Gasteiger partial charge < -0.3 is 10.2 Å². The van der Waals surface area contributed by atoms with E-state index in [9.17, 15) is 9.90 Å². The maximum atomic E-state index is 10.8. The van der Waals surface area contributed by atoms with Crippen molar-refractivity contribution in [3.63, 3.8) is 0 Å². The lowest BCUT2D eigenvalue weighted by molar-refractivity contribution is -0.137. The van der Waals surface area contributed by atoms with Crippen LogP contribution in [0.4, 0.5) is 0 Å². The van der Waals surface area contributed by atoms with E-state index in [1.54, 1.807) is 12.1 Å². The number of hydrogen-bond acceptors (Lipinski definition) is 3. The Labute approximate surface area is 218 Å². The number of halogens is 2. The Morgan fingerprint density at radius 1 is 0.971 bits per heavy atom. The fourth-order valence-corrected chi connectivity index (χ4v) is 5.19. The average molecular weight is 524 g/mol. The summed E-state index contributed by atoms with van der Waals surface area (Å²) in [6, 6.07) is 14.2. The Kier molecular flexibility index (Phi) is 13.8. The number of aliphatic carboxylic acids is 1. The van der Waals surface area contributed by atoms with Crippen LogP contribution in [0.2, 0.25) is 10.0 Å². The maximum absolute atomic E-state index is 10.8. The van der Waals surface area contributed by atoms with Crippen molar-refractivity contribution in [2.45, 2.75) is 87.4 Å². The van der Waals surface area contributed by atoms with Gasteiger partial charge in [0, 0.05) is 11.3 Å². The molecule has 0 aliphatic rings. The Hall–Kier alpha value is -1.46. The fourth-order valence-electron chi connectivity index (χ4n) is 3.69. The summed E-state index contributed by atoms with van der Waals surface area (Å²) in [5.74, 6) is -0.846. The second-order valence-corrected chi connectivity index (χ2v) is 10.7. The molecule has 34 heavy (non-hydrogen) atoms. The lowest BCUT2D eigenvalue weighted by atomic mass is 10.0. The molecule has 0 saturated heterocycles. The molecule has 0 saturated carbocycles. The summed E-state index contributed by atoms with van der Waals surface area (Å²) in [4.78, 5) is 11.7. The number of benzene rings is 2. The van der Waals surface area contributed by atoms with E-state index < -0.39 is 12.1 Å². The van der Waals surface area contributed by atoms with Crippen LogP contribution in [0.3, 0.4) is 0 Å². The molecule has 0 heterocycles. The molecule has 6 heteroatoms. The Bertz CT molecular complexity index is 899. The van der Waals surface area contributed by atoms with E-state index in [0.717, 1.165) is 17.7 Å². The summed E-state index contributed by atoms with van der Waals surface area (Å²) in [6.07, 6.45) is 12.7. The number of aliphatic hydroxyl groups excluding tert-OH is 1. The molecule has 0 bridgehead atoms. The van der Waals surface area contributed by atoms with Crippen LogP contribution in [0, 0.1) is 0 Å². The average Bonchev–Trinajstić information content (AvgIpc) is 2.81. The van der Waals surface area contributed by atoms with Gasteiger partial charge in [-0.2, -0.15) is 0 Å². The molecule has 2 atom stereocenters. The minimum Gasteiger partial charge on any atom is -0.481 e. The molecule has 2 rings (SSSR count). The molecule has 2 aromatic rings. The van der Waals surface area contributed by atoms with Gasteiger partial charge in [-0.05, 0) is 61.4 Å². The van der Waals surface area contributed by atoms with Crippen molar-refractivity contribution in [2.75, 3.05) is 0 Å².